The second-order valence-corrected chi connectivity index (χ2v) is 6.84. The second kappa shape index (κ2) is 9.55. The Hall–Kier alpha value is -3.60. The lowest BCUT2D eigenvalue weighted by Crippen LogP contribution is -2.34. The fraction of sp³-hybridized carbons (Fsp3) is 0.167. The largest absolute Gasteiger partial charge is 0.361 e. The average Bonchev–Trinajstić information content (AvgIpc) is 3.14. The van der Waals surface area contributed by atoms with Crippen LogP contribution in [0.1, 0.15) is 30.0 Å². The second-order valence-electron chi connectivity index (χ2n) is 6.84. The lowest BCUT2D eigenvalue weighted by atomic mass is 10.1. The van der Waals surface area contributed by atoms with Gasteiger partial charge < -0.3 is 15.6 Å². The number of rotatable bonds is 7. The predicted molar refractivity (Wildman–Crippen MR) is 118 cm³/mol. The summed E-state index contributed by atoms with van der Waals surface area (Å²) in [6.07, 6.45) is 7.49. The number of H-pyrrole nitrogens is 1. The number of amides is 2. The molecule has 2 amide bonds. The lowest BCUT2D eigenvalue weighted by molar-refractivity contribution is -0.121. The molecule has 0 saturated heterocycles. The van der Waals surface area contributed by atoms with Crippen molar-refractivity contribution in [2.45, 2.75) is 20.3 Å². The maximum Gasteiger partial charge on any atom is 0.267 e. The molecule has 0 radical (unpaired) electrons. The number of hydrogen-bond donors (Lipinski definition) is 3. The highest BCUT2D eigenvalue weighted by Crippen LogP contribution is 2.20. The van der Waals surface area contributed by atoms with Gasteiger partial charge in [0.2, 0.25) is 5.91 Å². The minimum atomic E-state index is -0.358. The van der Waals surface area contributed by atoms with E-state index in [4.69, 9.17) is 0 Å². The number of aromatic amines is 1. The molecule has 0 saturated carbocycles. The van der Waals surface area contributed by atoms with E-state index in [9.17, 15) is 9.59 Å². The van der Waals surface area contributed by atoms with E-state index in [1.54, 1.807) is 12.2 Å². The zero-order valence-electron chi connectivity index (χ0n) is 16.7. The molecule has 148 valence electrons. The highest BCUT2D eigenvalue weighted by molar-refractivity contribution is 6.05. The summed E-state index contributed by atoms with van der Waals surface area (Å²) in [4.78, 5) is 28.2. The zero-order valence-corrected chi connectivity index (χ0v) is 16.7. The van der Waals surface area contributed by atoms with E-state index in [1.807, 2.05) is 68.6 Å². The summed E-state index contributed by atoms with van der Waals surface area (Å²) < 4.78 is 0. The first kappa shape index (κ1) is 20.1. The van der Waals surface area contributed by atoms with Gasteiger partial charge >= 0.3 is 0 Å². The summed E-state index contributed by atoms with van der Waals surface area (Å²) in [5.74, 6) is -0.669. The third-order valence-electron chi connectivity index (χ3n) is 4.46. The van der Waals surface area contributed by atoms with Crippen LogP contribution in [0.4, 0.5) is 0 Å². The van der Waals surface area contributed by atoms with Crippen LogP contribution >= 0.6 is 0 Å². The lowest BCUT2D eigenvalue weighted by Gasteiger charge is -2.09. The van der Waals surface area contributed by atoms with Crippen molar-refractivity contribution in [3.8, 4) is 0 Å². The molecule has 0 atom stereocenters. The highest BCUT2D eigenvalue weighted by atomic mass is 16.2. The van der Waals surface area contributed by atoms with Crippen molar-refractivity contribution in [1.82, 2.24) is 15.6 Å². The van der Waals surface area contributed by atoms with Crippen LogP contribution in [0.3, 0.4) is 0 Å². The molecule has 0 aliphatic heterocycles. The van der Waals surface area contributed by atoms with Crippen molar-refractivity contribution >= 4 is 34.9 Å². The first-order valence-corrected chi connectivity index (χ1v) is 9.68. The molecule has 1 aromatic heterocycles. The Morgan fingerprint density at radius 3 is 2.59 bits per heavy atom. The molecule has 3 aromatic rings. The van der Waals surface area contributed by atoms with Crippen molar-refractivity contribution in [3.63, 3.8) is 0 Å². The van der Waals surface area contributed by atoms with E-state index in [1.165, 1.54) is 6.08 Å². The standard InChI is InChI=1S/C24H25N3O2/c1-3-14-25-24(29)22(15-19-16-26-21-7-5-4-6-20(19)21)27-23(28)13-12-18-10-8-17(2)9-11-18/h4-13,15-16,26H,3,14H2,1-2H3,(H,25,29)(H,27,28)/b13-12+,22-15-. The fourth-order valence-corrected chi connectivity index (χ4v) is 2.88. The topological polar surface area (TPSA) is 74.0 Å². The molecular formula is C24H25N3O2. The van der Waals surface area contributed by atoms with E-state index < -0.39 is 0 Å². The molecule has 0 unspecified atom stereocenters. The summed E-state index contributed by atoms with van der Waals surface area (Å²) >= 11 is 0. The van der Waals surface area contributed by atoms with Gasteiger partial charge in [0.25, 0.3) is 5.91 Å². The van der Waals surface area contributed by atoms with Crippen LogP contribution in [0.15, 0.2) is 66.5 Å². The van der Waals surface area contributed by atoms with E-state index in [0.717, 1.165) is 34.0 Å². The number of carbonyl (C=O) groups is 2. The number of nitrogens with one attached hydrogen (secondary N) is 3. The van der Waals surface area contributed by atoms with Crippen LogP contribution in [0.25, 0.3) is 23.1 Å². The number of aryl methyl sites for hydroxylation is 1. The Kier molecular flexibility index (Phi) is 6.63. The Labute approximate surface area is 170 Å². The number of aromatic nitrogens is 1. The average molecular weight is 387 g/mol. The summed E-state index contributed by atoms with van der Waals surface area (Å²) in [7, 11) is 0. The molecule has 0 spiro atoms. The zero-order chi connectivity index (χ0) is 20.6. The van der Waals surface area contributed by atoms with Crippen LogP contribution in [-0.4, -0.2) is 23.3 Å². The normalized spacial score (nSPS) is 11.7. The Balaban J connectivity index is 1.82. The quantitative estimate of drug-likeness (QED) is 0.532. The third-order valence-corrected chi connectivity index (χ3v) is 4.46. The molecule has 0 fully saturated rings. The Bertz CT molecular complexity index is 1060. The Morgan fingerprint density at radius 2 is 1.83 bits per heavy atom. The van der Waals surface area contributed by atoms with E-state index >= 15 is 0 Å². The van der Waals surface area contributed by atoms with Gasteiger partial charge in [-0.25, -0.2) is 0 Å². The number of para-hydroxylation sites is 1. The number of benzene rings is 2. The third kappa shape index (κ3) is 5.45. The SMILES string of the molecule is CCCNC(=O)/C(=C/c1c[nH]c2ccccc12)NC(=O)/C=C/c1ccc(C)cc1. The van der Waals surface area contributed by atoms with Crippen molar-refractivity contribution in [3.05, 3.63) is 83.2 Å². The molecule has 3 rings (SSSR count). The van der Waals surface area contributed by atoms with Crippen LogP contribution in [0.2, 0.25) is 0 Å². The molecule has 5 nitrogen and oxygen atoms in total. The molecule has 0 bridgehead atoms. The van der Waals surface area contributed by atoms with Crippen LogP contribution < -0.4 is 10.6 Å². The van der Waals surface area contributed by atoms with E-state index in [2.05, 4.69) is 15.6 Å². The van der Waals surface area contributed by atoms with Gasteiger partial charge in [-0.1, -0.05) is 55.0 Å². The van der Waals surface area contributed by atoms with Crippen molar-refractivity contribution < 1.29 is 9.59 Å². The number of fused-ring (bicyclic) bond motifs is 1. The first-order valence-electron chi connectivity index (χ1n) is 9.68. The van der Waals surface area contributed by atoms with Gasteiger partial charge in [0.1, 0.15) is 5.70 Å². The van der Waals surface area contributed by atoms with Gasteiger partial charge in [-0.15, -0.1) is 0 Å². The van der Waals surface area contributed by atoms with E-state index in [-0.39, 0.29) is 17.5 Å². The van der Waals surface area contributed by atoms with Gasteiger partial charge in [0.15, 0.2) is 0 Å². The van der Waals surface area contributed by atoms with Crippen LogP contribution in [0, 0.1) is 6.92 Å². The first-order chi connectivity index (χ1) is 14.1. The molecule has 0 aliphatic carbocycles. The van der Waals surface area contributed by atoms with Gasteiger partial charge in [0.05, 0.1) is 0 Å². The van der Waals surface area contributed by atoms with Crippen LogP contribution in [0.5, 0.6) is 0 Å². The Morgan fingerprint density at radius 1 is 1.07 bits per heavy atom. The van der Waals surface area contributed by atoms with Crippen molar-refractivity contribution in [1.29, 1.82) is 0 Å². The smallest absolute Gasteiger partial charge is 0.267 e. The molecule has 5 heteroatoms. The van der Waals surface area contributed by atoms with E-state index in [0.29, 0.717) is 6.54 Å². The van der Waals surface area contributed by atoms with Crippen molar-refractivity contribution in [2.75, 3.05) is 6.54 Å². The van der Waals surface area contributed by atoms with Gasteiger partial charge in [-0.2, -0.15) is 0 Å². The molecule has 2 aromatic carbocycles. The fourth-order valence-electron chi connectivity index (χ4n) is 2.88. The molecule has 1 heterocycles. The summed E-state index contributed by atoms with van der Waals surface area (Å²) in [6, 6.07) is 15.7. The number of carbonyl (C=O) groups excluding carboxylic acids is 2. The molecule has 0 aliphatic rings. The van der Waals surface area contributed by atoms with Crippen molar-refractivity contribution in [2.24, 2.45) is 0 Å². The summed E-state index contributed by atoms with van der Waals surface area (Å²) in [5.41, 5.74) is 4.09. The summed E-state index contributed by atoms with van der Waals surface area (Å²) in [6.45, 7) is 4.53. The maximum absolute atomic E-state index is 12.6. The van der Waals surface area contributed by atoms with Gasteiger partial charge in [-0.05, 0) is 37.1 Å². The molecule has 29 heavy (non-hydrogen) atoms. The maximum atomic E-state index is 12.6. The van der Waals surface area contributed by atoms with Gasteiger partial charge in [0, 0.05) is 35.3 Å². The highest BCUT2D eigenvalue weighted by Gasteiger charge is 2.13. The monoisotopic (exact) mass is 387 g/mol. The molecule has 3 N–H and O–H groups in total. The minimum absolute atomic E-state index is 0.210. The summed E-state index contributed by atoms with van der Waals surface area (Å²) in [5, 5.41) is 6.53. The van der Waals surface area contributed by atoms with Crippen LogP contribution in [-0.2, 0) is 9.59 Å². The predicted octanol–water partition coefficient (Wildman–Crippen LogP) is 4.17. The van der Waals surface area contributed by atoms with Gasteiger partial charge in [-0.3, -0.25) is 9.59 Å². The minimum Gasteiger partial charge on any atom is -0.361 e. The molecular weight excluding hydrogens is 362 g/mol. The number of hydrogen-bond acceptors (Lipinski definition) is 2.